The number of piperazine rings is 1. The SMILES string of the molecule is NC(=O)c1ccc([N+](=O)[O-])c(N2CCN(CCO)CC2)c1. The fourth-order valence-corrected chi connectivity index (χ4v) is 2.44. The summed E-state index contributed by atoms with van der Waals surface area (Å²) in [6.07, 6.45) is 0. The van der Waals surface area contributed by atoms with Crippen molar-refractivity contribution in [2.75, 3.05) is 44.2 Å². The summed E-state index contributed by atoms with van der Waals surface area (Å²) in [7, 11) is 0. The standard InChI is InChI=1S/C13H18N4O4/c14-13(19)10-1-2-11(17(20)21)12(9-10)16-5-3-15(4-6-16)7-8-18/h1-2,9,18H,3-8H2,(H2,14,19). The van der Waals surface area contributed by atoms with Crippen molar-refractivity contribution in [3.05, 3.63) is 33.9 Å². The molecule has 8 nitrogen and oxygen atoms in total. The number of carbonyl (C=O) groups excluding carboxylic acids is 1. The number of carbonyl (C=O) groups is 1. The third-order valence-corrected chi connectivity index (χ3v) is 3.59. The lowest BCUT2D eigenvalue weighted by Crippen LogP contribution is -2.47. The van der Waals surface area contributed by atoms with Crippen molar-refractivity contribution >= 4 is 17.3 Å². The van der Waals surface area contributed by atoms with Crippen LogP contribution in [0.4, 0.5) is 11.4 Å². The van der Waals surface area contributed by atoms with E-state index in [1.54, 1.807) is 0 Å². The number of amides is 1. The number of benzene rings is 1. The first-order valence-corrected chi connectivity index (χ1v) is 6.69. The van der Waals surface area contributed by atoms with Gasteiger partial charge in [-0.2, -0.15) is 0 Å². The molecule has 0 aromatic heterocycles. The fourth-order valence-electron chi connectivity index (χ4n) is 2.44. The summed E-state index contributed by atoms with van der Waals surface area (Å²) in [5, 5.41) is 20.1. The Balaban J connectivity index is 2.23. The van der Waals surface area contributed by atoms with Crippen molar-refractivity contribution in [3.63, 3.8) is 0 Å². The first-order valence-electron chi connectivity index (χ1n) is 6.69. The molecule has 0 saturated carbocycles. The van der Waals surface area contributed by atoms with Crippen molar-refractivity contribution in [3.8, 4) is 0 Å². The highest BCUT2D eigenvalue weighted by Crippen LogP contribution is 2.30. The summed E-state index contributed by atoms with van der Waals surface area (Å²) in [6.45, 7) is 3.30. The Labute approximate surface area is 121 Å². The zero-order valence-electron chi connectivity index (χ0n) is 11.6. The number of nitro groups is 1. The molecule has 0 aliphatic carbocycles. The lowest BCUT2D eigenvalue weighted by molar-refractivity contribution is -0.384. The quantitative estimate of drug-likeness (QED) is 0.575. The van der Waals surface area contributed by atoms with E-state index in [1.807, 2.05) is 4.90 Å². The Kier molecular flexibility index (Phi) is 4.71. The van der Waals surface area contributed by atoms with Crippen LogP contribution in [0.25, 0.3) is 0 Å². The number of aliphatic hydroxyl groups is 1. The van der Waals surface area contributed by atoms with Gasteiger partial charge in [0.2, 0.25) is 5.91 Å². The molecule has 1 saturated heterocycles. The minimum Gasteiger partial charge on any atom is -0.395 e. The van der Waals surface area contributed by atoms with Gasteiger partial charge in [-0.1, -0.05) is 0 Å². The highest BCUT2D eigenvalue weighted by molar-refractivity contribution is 5.94. The molecule has 1 aromatic rings. The van der Waals surface area contributed by atoms with Crippen molar-refractivity contribution in [2.24, 2.45) is 5.73 Å². The minimum absolute atomic E-state index is 0.0318. The smallest absolute Gasteiger partial charge is 0.292 e. The zero-order valence-corrected chi connectivity index (χ0v) is 11.6. The van der Waals surface area contributed by atoms with Crippen molar-refractivity contribution < 1.29 is 14.8 Å². The van der Waals surface area contributed by atoms with E-state index in [0.717, 1.165) is 0 Å². The molecule has 114 valence electrons. The minimum atomic E-state index is -0.606. The summed E-state index contributed by atoms with van der Waals surface area (Å²) in [6, 6.07) is 4.16. The zero-order chi connectivity index (χ0) is 15.4. The maximum absolute atomic E-state index is 11.3. The maximum atomic E-state index is 11.3. The summed E-state index contributed by atoms with van der Waals surface area (Å²) in [5.41, 5.74) is 5.88. The lowest BCUT2D eigenvalue weighted by Gasteiger charge is -2.35. The predicted octanol–water partition coefficient (Wildman–Crippen LogP) is -0.192. The van der Waals surface area contributed by atoms with Gasteiger partial charge in [0.1, 0.15) is 5.69 Å². The summed E-state index contributed by atoms with van der Waals surface area (Å²) in [4.78, 5) is 25.9. The number of nitrogens with two attached hydrogens (primary N) is 1. The van der Waals surface area contributed by atoms with Gasteiger partial charge in [-0.25, -0.2) is 0 Å². The van der Waals surface area contributed by atoms with E-state index in [1.165, 1.54) is 18.2 Å². The highest BCUT2D eigenvalue weighted by Gasteiger charge is 2.24. The number of primary amides is 1. The van der Waals surface area contributed by atoms with Gasteiger partial charge in [-0.3, -0.25) is 19.8 Å². The Hall–Kier alpha value is -2.19. The van der Waals surface area contributed by atoms with Crippen molar-refractivity contribution in [2.45, 2.75) is 0 Å². The molecule has 0 bridgehead atoms. The number of anilines is 1. The molecule has 1 fully saturated rings. The monoisotopic (exact) mass is 294 g/mol. The Bertz CT molecular complexity index is 541. The van der Waals surface area contributed by atoms with Gasteiger partial charge < -0.3 is 15.7 Å². The number of nitro benzene ring substituents is 1. The van der Waals surface area contributed by atoms with E-state index in [-0.39, 0.29) is 17.9 Å². The van der Waals surface area contributed by atoms with Gasteiger partial charge in [-0.05, 0) is 12.1 Å². The van der Waals surface area contributed by atoms with Crippen LogP contribution < -0.4 is 10.6 Å². The topological polar surface area (TPSA) is 113 Å². The van der Waals surface area contributed by atoms with Crippen LogP contribution in [0.15, 0.2) is 18.2 Å². The van der Waals surface area contributed by atoms with Crippen molar-refractivity contribution in [1.82, 2.24) is 4.90 Å². The van der Waals surface area contributed by atoms with Crippen LogP contribution in [0.1, 0.15) is 10.4 Å². The average molecular weight is 294 g/mol. The van der Waals surface area contributed by atoms with Gasteiger partial charge in [-0.15, -0.1) is 0 Å². The molecule has 1 heterocycles. The molecule has 1 amide bonds. The van der Waals surface area contributed by atoms with E-state index in [9.17, 15) is 14.9 Å². The molecule has 1 aliphatic heterocycles. The lowest BCUT2D eigenvalue weighted by atomic mass is 10.1. The molecular weight excluding hydrogens is 276 g/mol. The second-order valence-electron chi connectivity index (χ2n) is 4.88. The number of hydrogen-bond acceptors (Lipinski definition) is 6. The van der Waals surface area contributed by atoms with E-state index in [0.29, 0.717) is 38.4 Å². The number of hydrogen-bond donors (Lipinski definition) is 2. The molecule has 0 spiro atoms. The van der Waals surface area contributed by atoms with Gasteiger partial charge in [0.25, 0.3) is 5.69 Å². The molecule has 3 N–H and O–H groups in total. The number of nitrogens with zero attached hydrogens (tertiary/aromatic N) is 3. The van der Waals surface area contributed by atoms with Crippen LogP contribution in [0.5, 0.6) is 0 Å². The van der Waals surface area contributed by atoms with Crippen LogP contribution in [0.3, 0.4) is 0 Å². The molecule has 8 heteroatoms. The third kappa shape index (κ3) is 3.47. The van der Waals surface area contributed by atoms with E-state index >= 15 is 0 Å². The van der Waals surface area contributed by atoms with E-state index in [4.69, 9.17) is 10.8 Å². The first-order chi connectivity index (χ1) is 10.0. The molecule has 21 heavy (non-hydrogen) atoms. The molecule has 1 aliphatic rings. The van der Waals surface area contributed by atoms with Gasteiger partial charge in [0, 0.05) is 44.4 Å². The first kappa shape index (κ1) is 15.2. The van der Waals surface area contributed by atoms with Crippen LogP contribution in [-0.2, 0) is 0 Å². The Morgan fingerprint density at radius 3 is 2.52 bits per heavy atom. The van der Waals surface area contributed by atoms with E-state index < -0.39 is 10.8 Å². The molecule has 0 atom stereocenters. The normalized spacial score (nSPS) is 16.0. The van der Waals surface area contributed by atoms with Gasteiger partial charge in [0.05, 0.1) is 11.5 Å². The predicted molar refractivity (Wildman–Crippen MR) is 77.4 cm³/mol. The van der Waals surface area contributed by atoms with Crippen LogP contribution >= 0.6 is 0 Å². The van der Waals surface area contributed by atoms with Crippen LogP contribution in [0.2, 0.25) is 0 Å². The van der Waals surface area contributed by atoms with Gasteiger partial charge >= 0.3 is 0 Å². The second-order valence-corrected chi connectivity index (χ2v) is 4.88. The molecular formula is C13H18N4O4. The Morgan fingerprint density at radius 1 is 1.33 bits per heavy atom. The van der Waals surface area contributed by atoms with Crippen molar-refractivity contribution in [1.29, 1.82) is 0 Å². The van der Waals surface area contributed by atoms with Gasteiger partial charge in [0.15, 0.2) is 0 Å². The van der Waals surface area contributed by atoms with Crippen LogP contribution in [0, 0.1) is 10.1 Å². The average Bonchev–Trinajstić information content (AvgIpc) is 2.47. The molecule has 0 radical (unpaired) electrons. The molecule has 2 rings (SSSR count). The van der Waals surface area contributed by atoms with Crippen LogP contribution in [-0.4, -0.2) is 60.2 Å². The summed E-state index contributed by atoms with van der Waals surface area (Å²) < 4.78 is 0. The largest absolute Gasteiger partial charge is 0.395 e. The molecule has 1 aromatic carbocycles. The highest BCUT2D eigenvalue weighted by atomic mass is 16.6. The fraction of sp³-hybridized carbons (Fsp3) is 0.462. The van der Waals surface area contributed by atoms with E-state index in [2.05, 4.69) is 4.90 Å². The summed E-state index contributed by atoms with van der Waals surface area (Å²) >= 11 is 0. The third-order valence-electron chi connectivity index (χ3n) is 3.59. The summed E-state index contributed by atoms with van der Waals surface area (Å²) in [5.74, 6) is -0.606. The number of β-amino-alcohol motifs (C(OH)–C–C–N with tert-alkyl or cyclic N) is 1. The Morgan fingerprint density at radius 2 is 2.00 bits per heavy atom. The molecule has 0 unspecified atom stereocenters. The second kappa shape index (κ2) is 6.51. The number of rotatable bonds is 5. The maximum Gasteiger partial charge on any atom is 0.292 e. The number of aliphatic hydroxyl groups excluding tert-OH is 1.